The number of aromatic nitrogens is 4. The van der Waals surface area contributed by atoms with Crippen LogP contribution in [-0.2, 0) is 0 Å². The average Bonchev–Trinajstić information content (AvgIpc) is 3.74. The van der Waals surface area contributed by atoms with Crippen LogP contribution >= 0.6 is 0 Å². The second-order valence-electron chi connectivity index (χ2n) is 12.4. The fraction of sp³-hybridized carbons (Fsp3) is 0. The summed E-state index contributed by atoms with van der Waals surface area (Å²) in [4.78, 5) is 15.5. The standard InChI is InChI=1S/C45H28N4O/c1-4-14-29(15-5-1)30-24-26-33(27-25-30)44-46-43(32-18-8-3-9-19-32)47-45(48-44)49-37-22-12-10-20-34(37)40-38(49)28-36(31-16-6-2-7-17-31)42-41(40)35-21-11-13-23-39(35)50-42/h1-28H. The fourth-order valence-electron chi connectivity index (χ4n) is 7.14. The van der Waals surface area contributed by atoms with E-state index in [9.17, 15) is 0 Å². The summed E-state index contributed by atoms with van der Waals surface area (Å²) in [5.41, 5.74) is 9.97. The van der Waals surface area contributed by atoms with E-state index in [1.165, 1.54) is 0 Å². The molecule has 0 spiro atoms. The van der Waals surface area contributed by atoms with E-state index < -0.39 is 0 Å². The minimum atomic E-state index is 0.554. The Hall–Kier alpha value is -6.85. The Balaban J connectivity index is 1.29. The normalized spacial score (nSPS) is 11.6. The molecule has 0 unspecified atom stereocenters. The van der Waals surface area contributed by atoms with Gasteiger partial charge in [0, 0.05) is 38.2 Å². The molecule has 0 bridgehead atoms. The van der Waals surface area contributed by atoms with E-state index in [4.69, 9.17) is 19.4 Å². The Bertz CT molecular complexity index is 2840. The van der Waals surface area contributed by atoms with Gasteiger partial charge in [-0.1, -0.05) is 152 Å². The van der Waals surface area contributed by atoms with Crippen LogP contribution in [-0.4, -0.2) is 19.5 Å². The maximum absolute atomic E-state index is 6.65. The van der Waals surface area contributed by atoms with E-state index in [1.807, 2.05) is 54.6 Å². The van der Waals surface area contributed by atoms with Crippen LogP contribution in [0.3, 0.4) is 0 Å². The Morgan fingerprint density at radius 2 is 0.920 bits per heavy atom. The van der Waals surface area contributed by atoms with Gasteiger partial charge in [0.05, 0.1) is 11.0 Å². The second kappa shape index (κ2) is 11.4. The van der Waals surface area contributed by atoms with Crippen molar-refractivity contribution in [1.82, 2.24) is 19.5 Å². The lowest BCUT2D eigenvalue weighted by Crippen LogP contribution is -2.06. The van der Waals surface area contributed by atoms with Gasteiger partial charge < -0.3 is 4.42 Å². The topological polar surface area (TPSA) is 56.7 Å². The van der Waals surface area contributed by atoms with E-state index >= 15 is 0 Å². The van der Waals surface area contributed by atoms with Gasteiger partial charge in [-0.3, -0.25) is 4.57 Å². The van der Waals surface area contributed by atoms with Crippen molar-refractivity contribution >= 4 is 43.7 Å². The molecular formula is C45H28N4O. The highest BCUT2D eigenvalue weighted by Crippen LogP contribution is 2.45. The number of hydrogen-bond donors (Lipinski definition) is 0. The summed E-state index contributed by atoms with van der Waals surface area (Å²) in [5, 5.41) is 4.37. The first kappa shape index (κ1) is 28.2. The molecule has 10 aromatic rings. The van der Waals surface area contributed by atoms with Crippen LogP contribution in [0.5, 0.6) is 0 Å². The Labute approximate surface area is 287 Å². The van der Waals surface area contributed by atoms with Crippen LogP contribution in [0.2, 0.25) is 0 Å². The molecule has 10 rings (SSSR count). The minimum absolute atomic E-state index is 0.554. The van der Waals surface area contributed by atoms with Gasteiger partial charge in [0.25, 0.3) is 0 Å². The highest BCUT2D eigenvalue weighted by Gasteiger charge is 2.24. The molecule has 0 amide bonds. The van der Waals surface area contributed by atoms with Crippen LogP contribution < -0.4 is 0 Å². The molecule has 7 aromatic carbocycles. The molecule has 0 saturated carbocycles. The summed E-state index contributed by atoms with van der Waals surface area (Å²) in [5.74, 6) is 1.78. The van der Waals surface area contributed by atoms with E-state index in [0.29, 0.717) is 17.6 Å². The lowest BCUT2D eigenvalue weighted by Gasteiger charge is -2.12. The Morgan fingerprint density at radius 3 is 1.62 bits per heavy atom. The predicted molar refractivity (Wildman–Crippen MR) is 203 cm³/mol. The molecule has 0 saturated heterocycles. The van der Waals surface area contributed by atoms with Gasteiger partial charge in [-0.05, 0) is 34.9 Å². The molecule has 5 nitrogen and oxygen atoms in total. The maximum Gasteiger partial charge on any atom is 0.238 e. The van der Waals surface area contributed by atoms with Gasteiger partial charge in [0.15, 0.2) is 11.6 Å². The summed E-state index contributed by atoms with van der Waals surface area (Å²) in [6.07, 6.45) is 0. The molecule has 0 N–H and O–H groups in total. The third kappa shape index (κ3) is 4.52. The molecule has 234 valence electrons. The van der Waals surface area contributed by atoms with Crippen molar-refractivity contribution in [3.63, 3.8) is 0 Å². The highest BCUT2D eigenvalue weighted by molar-refractivity contribution is 6.29. The molecular weight excluding hydrogens is 613 g/mol. The zero-order chi connectivity index (χ0) is 33.0. The van der Waals surface area contributed by atoms with Crippen LogP contribution in [0.4, 0.5) is 0 Å². The van der Waals surface area contributed by atoms with Gasteiger partial charge >= 0.3 is 0 Å². The largest absolute Gasteiger partial charge is 0.455 e. The number of fused-ring (bicyclic) bond motifs is 7. The first-order valence-electron chi connectivity index (χ1n) is 16.7. The second-order valence-corrected chi connectivity index (χ2v) is 12.4. The van der Waals surface area contributed by atoms with E-state index in [0.717, 1.165) is 77.1 Å². The van der Waals surface area contributed by atoms with E-state index in [1.54, 1.807) is 0 Å². The molecule has 3 aromatic heterocycles. The molecule has 0 aliphatic heterocycles. The third-order valence-electron chi connectivity index (χ3n) is 9.47. The van der Waals surface area contributed by atoms with E-state index in [2.05, 4.69) is 120 Å². The van der Waals surface area contributed by atoms with Crippen molar-refractivity contribution in [2.75, 3.05) is 0 Å². The van der Waals surface area contributed by atoms with E-state index in [-0.39, 0.29) is 0 Å². The fourth-order valence-corrected chi connectivity index (χ4v) is 7.14. The number of furan rings is 1. The van der Waals surface area contributed by atoms with Crippen LogP contribution in [0.15, 0.2) is 174 Å². The molecule has 5 heteroatoms. The van der Waals surface area contributed by atoms with Crippen molar-refractivity contribution in [3.8, 4) is 51.0 Å². The molecule has 50 heavy (non-hydrogen) atoms. The molecule has 0 fully saturated rings. The van der Waals surface area contributed by atoms with Crippen molar-refractivity contribution in [2.45, 2.75) is 0 Å². The number of rotatable bonds is 5. The lowest BCUT2D eigenvalue weighted by molar-refractivity contribution is 0.670. The van der Waals surface area contributed by atoms with Crippen molar-refractivity contribution in [2.24, 2.45) is 0 Å². The van der Waals surface area contributed by atoms with Crippen molar-refractivity contribution in [1.29, 1.82) is 0 Å². The van der Waals surface area contributed by atoms with Crippen molar-refractivity contribution in [3.05, 3.63) is 170 Å². The zero-order valence-electron chi connectivity index (χ0n) is 26.9. The summed E-state index contributed by atoms with van der Waals surface area (Å²) >= 11 is 0. The summed E-state index contributed by atoms with van der Waals surface area (Å²) < 4.78 is 8.84. The smallest absolute Gasteiger partial charge is 0.238 e. The zero-order valence-corrected chi connectivity index (χ0v) is 26.9. The van der Waals surface area contributed by atoms with Gasteiger partial charge in [-0.2, -0.15) is 9.97 Å². The van der Waals surface area contributed by atoms with Crippen LogP contribution in [0, 0.1) is 0 Å². The lowest BCUT2D eigenvalue weighted by atomic mass is 9.98. The number of benzene rings is 7. The SMILES string of the molecule is c1ccc(-c2ccc(-c3nc(-c4ccccc4)nc(-n4c5ccccc5c5c6c(oc7ccccc76)c(-c6ccccc6)cc54)n3)cc2)cc1. The first-order chi connectivity index (χ1) is 24.8. The average molecular weight is 641 g/mol. The molecule has 0 atom stereocenters. The van der Waals surface area contributed by atoms with Gasteiger partial charge in [0.2, 0.25) is 5.95 Å². The molecule has 0 aliphatic carbocycles. The highest BCUT2D eigenvalue weighted by atomic mass is 16.3. The molecule has 3 heterocycles. The quantitative estimate of drug-likeness (QED) is 0.188. The maximum atomic E-state index is 6.65. The van der Waals surface area contributed by atoms with Gasteiger partial charge in [0.1, 0.15) is 11.2 Å². The van der Waals surface area contributed by atoms with Crippen LogP contribution in [0.25, 0.3) is 94.7 Å². The third-order valence-corrected chi connectivity index (χ3v) is 9.47. The monoisotopic (exact) mass is 640 g/mol. The van der Waals surface area contributed by atoms with Gasteiger partial charge in [-0.25, -0.2) is 4.98 Å². The predicted octanol–water partition coefficient (Wildman–Crippen LogP) is 11.5. The van der Waals surface area contributed by atoms with Crippen LogP contribution in [0.1, 0.15) is 0 Å². The Kier molecular flexibility index (Phi) is 6.42. The summed E-state index contributed by atoms with van der Waals surface area (Å²) in [6, 6.07) is 58.4. The number of nitrogens with zero attached hydrogens (tertiary/aromatic N) is 4. The summed E-state index contributed by atoms with van der Waals surface area (Å²) in [6.45, 7) is 0. The summed E-state index contributed by atoms with van der Waals surface area (Å²) in [7, 11) is 0. The Morgan fingerprint density at radius 1 is 0.400 bits per heavy atom. The number of hydrogen-bond acceptors (Lipinski definition) is 4. The number of para-hydroxylation sites is 2. The van der Waals surface area contributed by atoms with Crippen molar-refractivity contribution < 1.29 is 4.42 Å². The van der Waals surface area contributed by atoms with Gasteiger partial charge in [-0.15, -0.1) is 0 Å². The molecule has 0 radical (unpaired) electrons. The minimum Gasteiger partial charge on any atom is -0.455 e. The molecule has 0 aliphatic rings. The first-order valence-corrected chi connectivity index (χ1v) is 16.7.